The van der Waals surface area contributed by atoms with Crippen molar-refractivity contribution in [1.29, 1.82) is 0 Å². The number of nitrogens with zero attached hydrogens (tertiary/aromatic N) is 1. The van der Waals surface area contributed by atoms with Crippen molar-refractivity contribution in [3.05, 3.63) is 53.3 Å². The standard InChI is InChI=1S/C21H23NO3Se/c1-24-17-7-10-21-16(19(17)26-15-5-3-2-4-6-15)9-12-22(21)11-8-14-13-25-20(23)18(14)21/h2-7,16,19H,8-13H2,1H3/t16-,19-,21+/m1/s1. The van der Waals surface area contributed by atoms with Gasteiger partial charge in [0.1, 0.15) is 0 Å². The second-order valence-electron chi connectivity index (χ2n) is 7.48. The molecule has 0 saturated carbocycles. The summed E-state index contributed by atoms with van der Waals surface area (Å²) in [7, 11) is 1.79. The molecule has 1 spiro atoms. The van der Waals surface area contributed by atoms with Gasteiger partial charge in [-0.1, -0.05) is 0 Å². The van der Waals surface area contributed by atoms with Gasteiger partial charge in [0.05, 0.1) is 0 Å². The van der Waals surface area contributed by atoms with Gasteiger partial charge >= 0.3 is 160 Å². The Labute approximate surface area is 160 Å². The number of allylic oxidation sites excluding steroid dienone is 1. The average molecular weight is 416 g/mol. The van der Waals surface area contributed by atoms with E-state index in [9.17, 15) is 4.79 Å². The van der Waals surface area contributed by atoms with Crippen LogP contribution in [0.5, 0.6) is 0 Å². The number of hydrogen-bond donors (Lipinski definition) is 0. The summed E-state index contributed by atoms with van der Waals surface area (Å²) in [6.07, 6.45) is 5.23. The number of carbonyl (C=O) groups excluding carboxylic acids is 1. The van der Waals surface area contributed by atoms with E-state index in [4.69, 9.17) is 9.47 Å². The third-order valence-electron chi connectivity index (χ3n) is 6.44. The maximum absolute atomic E-state index is 12.7. The summed E-state index contributed by atoms with van der Waals surface area (Å²) in [5.41, 5.74) is 2.08. The molecular weight excluding hydrogens is 393 g/mol. The van der Waals surface area contributed by atoms with Gasteiger partial charge in [0.2, 0.25) is 0 Å². The van der Waals surface area contributed by atoms with Gasteiger partial charge in [-0.05, 0) is 0 Å². The van der Waals surface area contributed by atoms with Crippen LogP contribution in [0.1, 0.15) is 19.3 Å². The molecule has 3 heterocycles. The first kappa shape index (κ1) is 16.6. The predicted molar refractivity (Wildman–Crippen MR) is 100 cm³/mol. The Morgan fingerprint density at radius 3 is 2.92 bits per heavy atom. The van der Waals surface area contributed by atoms with E-state index >= 15 is 0 Å². The van der Waals surface area contributed by atoms with Crippen LogP contribution in [0.25, 0.3) is 0 Å². The second kappa shape index (κ2) is 6.26. The van der Waals surface area contributed by atoms with Gasteiger partial charge < -0.3 is 0 Å². The van der Waals surface area contributed by atoms with Gasteiger partial charge in [0, 0.05) is 0 Å². The fourth-order valence-electron chi connectivity index (χ4n) is 5.35. The van der Waals surface area contributed by atoms with E-state index in [1.165, 1.54) is 10.0 Å². The van der Waals surface area contributed by atoms with Crippen LogP contribution in [-0.4, -0.2) is 58.2 Å². The molecule has 3 atom stereocenters. The summed E-state index contributed by atoms with van der Waals surface area (Å²) in [4.78, 5) is 15.6. The first-order valence-corrected chi connectivity index (χ1v) is 11.2. The summed E-state index contributed by atoms with van der Waals surface area (Å²) < 4.78 is 12.7. The molecule has 1 saturated heterocycles. The summed E-state index contributed by atoms with van der Waals surface area (Å²) in [6.45, 7) is 2.62. The molecule has 0 amide bonds. The van der Waals surface area contributed by atoms with E-state index in [0.29, 0.717) is 17.3 Å². The molecule has 0 N–H and O–H groups in total. The summed E-state index contributed by atoms with van der Waals surface area (Å²) >= 11 is 0.276. The number of rotatable bonds is 3. The molecule has 26 heavy (non-hydrogen) atoms. The van der Waals surface area contributed by atoms with Crippen molar-refractivity contribution >= 4 is 25.4 Å². The fourth-order valence-corrected chi connectivity index (χ4v) is 8.38. The van der Waals surface area contributed by atoms with E-state index in [1.54, 1.807) is 7.11 Å². The molecule has 0 bridgehead atoms. The van der Waals surface area contributed by atoms with Crippen molar-refractivity contribution in [1.82, 2.24) is 4.90 Å². The molecule has 1 aliphatic carbocycles. The Morgan fingerprint density at radius 1 is 1.27 bits per heavy atom. The van der Waals surface area contributed by atoms with Crippen LogP contribution in [0.3, 0.4) is 0 Å². The molecule has 0 aromatic heterocycles. The van der Waals surface area contributed by atoms with Crippen LogP contribution in [0, 0.1) is 5.92 Å². The van der Waals surface area contributed by atoms with Crippen LogP contribution < -0.4 is 4.46 Å². The van der Waals surface area contributed by atoms with Gasteiger partial charge in [-0.2, -0.15) is 0 Å². The first-order chi connectivity index (χ1) is 12.7. The van der Waals surface area contributed by atoms with Crippen molar-refractivity contribution in [3.8, 4) is 0 Å². The van der Waals surface area contributed by atoms with Crippen molar-refractivity contribution in [2.24, 2.45) is 5.92 Å². The average Bonchev–Trinajstić information content (AvgIpc) is 3.24. The third kappa shape index (κ3) is 2.27. The Kier molecular flexibility index (Phi) is 4.00. The zero-order valence-corrected chi connectivity index (χ0v) is 16.7. The van der Waals surface area contributed by atoms with E-state index in [1.807, 2.05) is 0 Å². The molecule has 1 aromatic carbocycles. The molecule has 4 aliphatic rings. The topological polar surface area (TPSA) is 38.8 Å². The van der Waals surface area contributed by atoms with Gasteiger partial charge in [-0.3, -0.25) is 0 Å². The predicted octanol–water partition coefficient (Wildman–Crippen LogP) is 2.06. The monoisotopic (exact) mass is 417 g/mol. The number of ether oxygens (including phenoxy) is 2. The normalized spacial score (nSPS) is 33.3. The third-order valence-corrected chi connectivity index (χ3v) is 9.29. The van der Waals surface area contributed by atoms with Crippen LogP contribution in [-0.2, 0) is 14.3 Å². The summed E-state index contributed by atoms with van der Waals surface area (Å²) in [5, 5.41) is 0. The number of benzene rings is 1. The number of esters is 1. The zero-order chi connectivity index (χ0) is 17.7. The molecule has 4 nitrogen and oxygen atoms in total. The Morgan fingerprint density at radius 2 is 2.12 bits per heavy atom. The van der Waals surface area contributed by atoms with E-state index < -0.39 is 0 Å². The Hall–Kier alpha value is -1.55. The number of methoxy groups -OCH3 is 1. The quantitative estimate of drug-likeness (QED) is 0.559. The van der Waals surface area contributed by atoms with Crippen molar-refractivity contribution in [2.75, 3.05) is 26.8 Å². The maximum atomic E-state index is 12.7. The second-order valence-corrected chi connectivity index (χ2v) is 10.0. The molecule has 3 aliphatic heterocycles. The first-order valence-electron chi connectivity index (χ1n) is 9.34. The molecule has 136 valence electrons. The Balaban J connectivity index is 1.59. The van der Waals surface area contributed by atoms with E-state index in [2.05, 4.69) is 41.3 Å². The van der Waals surface area contributed by atoms with Crippen LogP contribution in [0.15, 0.2) is 53.3 Å². The molecule has 0 radical (unpaired) electrons. The van der Waals surface area contributed by atoms with Gasteiger partial charge in [-0.15, -0.1) is 0 Å². The fraction of sp³-hybridized carbons (Fsp3) is 0.476. The number of carbonyl (C=O) groups is 1. The van der Waals surface area contributed by atoms with Crippen molar-refractivity contribution in [2.45, 2.75) is 29.6 Å². The minimum absolute atomic E-state index is 0.0724. The number of hydrogen-bond acceptors (Lipinski definition) is 4. The SMILES string of the molecule is COC1=CC[C@]23C4=C(CCN2CC[C@@H]3[C@H]1[Se]c1ccccc1)COC4=O. The molecule has 1 aromatic rings. The number of cyclic esters (lactones) is 1. The zero-order valence-electron chi connectivity index (χ0n) is 14.9. The van der Waals surface area contributed by atoms with Gasteiger partial charge in [0.25, 0.3) is 0 Å². The van der Waals surface area contributed by atoms with E-state index in [-0.39, 0.29) is 26.5 Å². The van der Waals surface area contributed by atoms with Crippen LogP contribution in [0.4, 0.5) is 0 Å². The van der Waals surface area contributed by atoms with Gasteiger partial charge in [0.15, 0.2) is 0 Å². The Bertz CT molecular complexity index is 803. The van der Waals surface area contributed by atoms with Crippen molar-refractivity contribution in [3.63, 3.8) is 0 Å². The molecule has 5 heteroatoms. The minimum atomic E-state index is -0.162. The van der Waals surface area contributed by atoms with Gasteiger partial charge in [-0.25, -0.2) is 0 Å². The summed E-state index contributed by atoms with van der Waals surface area (Å²) in [6, 6.07) is 10.7. The van der Waals surface area contributed by atoms with E-state index in [0.717, 1.165) is 43.7 Å². The molecular formula is C21H23NO3Se. The molecule has 0 unspecified atom stereocenters. The van der Waals surface area contributed by atoms with Crippen molar-refractivity contribution < 1.29 is 14.3 Å². The molecule has 1 fully saturated rings. The van der Waals surface area contributed by atoms with Crippen LogP contribution in [0.2, 0.25) is 4.82 Å². The van der Waals surface area contributed by atoms with Crippen LogP contribution >= 0.6 is 0 Å². The molecule has 5 rings (SSSR count). The summed E-state index contributed by atoms with van der Waals surface area (Å²) in [5.74, 6) is 1.47.